The average Bonchev–Trinajstić information content (AvgIpc) is 3.12. The minimum absolute atomic E-state index is 0.0587. The molecule has 2 N–H and O–H groups in total. The fraction of sp³-hybridized carbons (Fsp3) is 0.600. The molecule has 33 heavy (non-hydrogen) atoms. The Morgan fingerprint density at radius 3 is 2.76 bits per heavy atom. The van der Waals surface area contributed by atoms with Gasteiger partial charge in [-0.1, -0.05) is 12.1 Å². The van der Waals surface area contributed by atoms with E-state index < -0.39 is 29.1 Å². The van der Waals surface area contributed by atoms with Crippen molar-refractivity contribution in [3.8, 4) is 5.75 Å². The molecule has 2 bridgehead atoms. The van der Waals surface area contributed by atoms with E-state index in [2.05, 4.69) is 4.90 Å². The normalized spacial score (nSPS) is 31.5. The molecule has 1 saturated heterocycles. The Morgan fingerprint density at radius 1 is 1.27 bits per heavy atom. The molecule has 1 fully saturated rings. The lowest BCUT2D eigenvalue weighted by atomic mass is 9.50. The van der Waals surface area contributed by atoms with E-state index in [1.807, 2.05) is 19.2 Å². The molecular weight excluding hydrogens is 426 g/mol. The molecule has 4 aliphatic rings. The molecule has 1 aromatic carbocycles. The summed E-state index contributed by atoms with van der Waals surface area (Å²) in [5, 5.41) is 22.1. The summed E-state index contributed by atoms with van der Waals surface area (Å²) in [5.41, 5.74) is 0.898. The maximum atomic E-state index is 12.6. The van der Waals surface area contributed by atoms with Crippen LogP contribution < -0.4 is 4.74 Å². The highest BCUT2D eigenvalue weighted by Crippen LogP contribution is 2.64. The van der Waals surface area contributed by atoms with Gasteiger partial charge in [-0.2, -0.15) is 0 Å². The second kappa shape index (κ2) is 7.82. The van der Waals surface area contributed by atoms with Crippen LogP contribution in [0.1, 0.15) is 56.2 Å². The Labute approximate surface area is 193 Å². The number of carbonyl (C=O) groups excluding carboxylic acids is 2. The molecule has 0 radical (unpaired) electrons. The Morgan fingerprint density at radius 2 is 2.03 bits per heavy atom. The number of ether oxygens (including phenoxy) is 3. The first-order chi connectivity index (χ1) is 15.7. The Balaban J connectivity index is 1.48. The van der Waals surface area contributed by atoms with Crippen molar-refractivity contribution < 1.29 is 34.0 Å². The van der Waals surface area contributed by atoms with Gasteiger partial charge in [0.15, 0.2) is 6.10 Å². The quantitative estimate of drug-likeness (QED) is 0.623. The molecule has 8 heteroatoms. The highest BCUT2D eigenvalue weighted by atomic mass is 16.6. The number of likely N-dealkylation sites (tertiary alicyclic amines) is 1. The molecule has 2 unspecified atom stereocenters. The summed E-state index contributed by atoms with van der Waals surface area (Å²) in [7, 11) is 2.03. The lowest BCUT2D eigenvalue weighted by molar-refractivity contribution is -0.169. The number of benzene rings is 1. The van der Waals surface area contributed by atoms with Crippen LogP contribution in [0.4, 0.5) is 0 Å². The molecule has 2 heterocycles. The predicted molar refractivity (Wildman–Crippen MR) is 117 cm³/mol. The first-order valence-electron chi connectivity index (χ1n) is 11.7. The summed E-state index contributed by atoms with van der Waals surface area (Å²) in [6, 6.07) is 3.81. The van der Waals surface area contributed by atoms with E-state index in [-0.39, 0.29) is 31.6 Å². The summed E-state index contributed by atoms with van der Waals surface area (Å²) < 4.78 is 17.2. The topological polar surface area (TPSA) is 106 Å². The summed E-state index contributed by atoms with van der Waals surface area (Å²) in [6.45, 7) is 4.11. The largest absolute Gasteiger partial charge is 0.481 e. The van der Waals surface area contributed by atoms with E-state index in [0.29, 0.717) is 36.3 Å². The van der Waals surface area contributed by atoms with Gasteiger partial charge in [0.25, 0.3) is 0 Å². The number of hydrogen-bond donors (Lipinski definition) is 2. The van der Waals surface area contributed by atoms with Crippen molar-refractivity contribution in [1.82, 2.24) is 4.90 Å². The average molecular weight is 458 g/mol. The van der Waals surface area contributed by atoms with Crippen LogP contribution >= 0.6 is 0 Å². The highest BCUT2D eigenvalue weighted by Gasteiger charge is 2.71. The van der Waals surface area contributed by atoms with Gasteiger partial charge < -0.3 is 29.3 Å². The third kappa shape index (κ3) is 3.15. The van der Waals surface area contributed by atoms with Gasteiger partial charge in [0.05, 0.1) is 36.6 Å². The van der Waals surface area contributed by atoms with E-state index >= 15 is 0 Å². The van der Waals surface area contributed by atoms with Gasteiger partial charge >= 0.3 is 11.9 Å². The van der Waals surface area contributed by atoms with Crippen molar-refractivity contribution in [1.29, 1.82) is 0 Å². The molecule has 2 aliphatic heterocycles. The molecule has 8 nitrogen and oxygen atoms in total. The van der Waals surface area contributed by atoms with Gasteiger partial charge in [0.1, 0.15) is 11.5 Å². The van der Waals surface area contributed by atoms with Crippen molar-refractivity contribution in [3.05, 3.63) is 40.7 Å². The number of aliphatic hydroxyl groups is 2. The van der Waals surface area contributed by atoms with Gasteiger partial charge in [-0.15, -0.1) is 0 Å². The zero-order chi connectivity index (χ0) is 23.5. The molecule has 4 atom stereocenters. The number of piperidine rings is 1. The molecule has 5 rings (SSSR count). The zero-order valence-electron chi connectivity index (χ0n) is 19.3. The van der Waals surface area contributed by atoms with Crippen LogP contribution in [0.3, 0.4) is 0 Å². The van der Waals surface area contributed by atoms with Gasteiger partial charge in [0, 0.05) is 23.6 Å². The third-order valence-electron chi connectivity index (χ3n) is 7.76. The fourth-order valence-electron chi connectivity index (χ4n) is 6.34. The standard InChI is InChI=1S/C25H31NO7/c1-14(2)31-19(28)6-7-20(29)32-17-8-9-25(30)18-12-15-4-5-16(13-27)22-21(15)24(25,23(17)33-22)10-11-26(18)3/h4-5,8,14,18,23,27,30H,6-7,9-13H2,1-3H3/t18-,23?,24?,25-/m1/s1. The molecule has 1 spiro atoms. The maximum absolute atomic E-state index is 12.6. The van der Waals surface area contributed by atoms with E-state index in [1.165, 1.54) is 0 Å². The number of likely N-dealkylation sites (N-methyl/N-ethyl adjacent to an activating group) is 1. The Hall–Kier alpha value is -2.42. The van der Waals surface area contributed by atoms with Crippen LogP contribution in [0, 0.1) is 0 Å². The molecular formula is C25H31NO7. The minimum Gasteiger partial charge on any atom is -0.481 e. The van der Waals surface area contributed by atoms with E-state index in [0.717, 1.165) is 17.7 Å². The van der Waals surface area contributed by atoms with Crippen LogP contribution in [0.5, 0.6) is 5.75 Å². The summed E-state index contributed by atoms with van der Waals surface area (Å²) >= 11 is 0. The van der Waals surface area contributed by atoms with Gasteiger partial charge in [0.2, 0.25) is 0 Å². The second-order valence-electron chi connectivity index (χ2n) is 9.91. The summed E-state index contributed by atoms with van der Waals surface area (Å²) in [4.78, 5) is 26.6. The monoisotopic (exact) mass is 457 g/mol. The second-order valence-corrected chi connectivity index (χ2v) is 9.91. The number of hydrogen-bond acceptors (Lipinski definition) is 8. The number of aliphatic hydroxyl groups excluding tert-OH is 1. The third-order valence-corrected chi connectivity index (χ3v) is 7.76. The van der Waals surface area contributed by atoms with Gasteiger partial charge in [-0.3, -0.25) is 9.59 Å². The van der Waals surface area contributed by atoms with Crippen molar-refractivity contribution >= 4 is 11.9 Å². The maximum Gasteiger partial charge on any atom is 0.311 e. The van der Waals surface area contributed by atoms with Crippen LogP contribution in [0.2, 0.25) is 0 Å². The molecule has 2 aliphatic carbocycles. The van der Waals surface area contributed by atoms with Crippen LogP contribution in [-0.2, 0) is 37.5 Å². The van der Waals surface area contributed by atoms with Crippen molar-refractivity contribution in [3.63, 3.8) is 0 Å². The number of nitrogens with zero attached hydrogens (tertiary/aromatic N) is 1. The zero-order valence-corrected chi connectivity index (χ0v) is 19.3. The number of esters is 2. The summed E-state index contributed by atoms with van der Waals surface area (Å²) in [5.74, 6) is -0.00471. The minimum atomic E-state index is -1.08. The van der Waals surface area contributed by atoms with E-state index in [4.69, 9.17) is 14.2 Å². The van der Waals surface area contributed by atoms with Crippen LogP contribution in [0.25, 0.3) is 0 Å². The molecule has 0 saturated carbocycles. The Bertz CT molecular complexity index is 1030. The number of rotatable bonds is 6. The van der Waals surface area contributed by atoms with Crippen molar-refractivity contribution in [2.75, 3.05) is 13.6 Å². The van der Waals surface area contributed by atoms with Crippen LogP contribution in [-0.4, -0.2) is 64.5 Å². The highest BCUT2D eigenvalue weighted by molar-refractivity contribution is 5.78. The van der Waals surface area contributed by atoms with E-state index in [1.54, 1.807) is 19.9 Å². The Kier molecular flexibility index (Phi) is 5.30. The molecule has 0 amide bonds. The first kappa shape index (κ1) is 22.4. The fourth-order valence-corrected chi connectivity index (χ4v) is 6.34. The molecule has 0 aromatic heterocycles. The molecule has 1 aromatic rings. The smallest absolute Gasteiger partial charge is 0.311 e. The van der Waals surface area contributed by atoms with Gasteiger partial charge in [-0.05, 0) is 51.9 Å². The SMILES string of the molecule is CC(C)OC(=O)CCC(=O)OC1=CC[C@@]2(O)[C@H]3Cc4ccc(CO)c5c4C2(CCN3C)C1O5. The first-order valence-corrected chi connectivity index (χ1v) is 11.7. The molecule has 178 valence electrons. The van der Waals surface area contributed by atoms with Crippen LogP contribution in [0.15, 0.2) is 24.0 Å². The lowest BCUT2D eigenvalue weighted by Crippen LogP contribution is -2.74. The summed E-state index contributed by atoms with van der Waals surface area (Å²) in [6.07, 6.45) is 2.37. The van der Waals surface area contributed by atoms with Crippen molar-refractivity contribution in [2.45, 2.75) is 81.8 Å². The predicted octanol–water partition coefficient (Wildman–Crippen LogP) is 1.73. The van der Waals surface area contributed by atoms with Crippen molar-refractivity contribution in [2.24, 2.45) is 0 Å². The number of carbonyl (C=O) groups is 2. The van der Waals surface area contributed by atoms with E-state index in [9.17, 15) is 19.8 Å². The lowest BCUT2D eigenvalue weighted by Gasteiger charge is -2.61. The van der Waals surface area contributed by atoms with Gasteiger partial charge in [-0.25, -0.2) is 0 Å².